The van der Waals surface area contributed by atoms with Crippen molar-refractivity contribution in [3.05, 3.63) is 29.3 Å². The molecule has 35 heavy (non-hydrogen) atoms. The van der Waals surface area contributed by atoms with Gasteiger partial charge < -0.3 is 25.1 Å². The average Bonchev–Trinajstić information content (AvgIpc) is 3.22. The van der Waals surface area contributed by atoms with Crippen LogP contribution in [0.1, 0.15) is 45.4 Å². The minimum atomic E-state index is -0.180. The number of hydrogen-bond donors (Lipinski definition) is 2. The molecule has 1 aliphatic carbocycles. The smallest absolute Gasteiger partial charge is 0.208 e. The number of pyridine rings is 1. The quantitative estimate of drug-likeness (QED) is 0.236. The molecular formula is C24H31ClN8O2. The average molecular weight is 499 g/mol. The second-order valence-corrected chi connectivity index (χ2v) is 10.1. The van der Waals surface area contributed by atoms with Crippen molar-refractivity contribution in [1.29, 1.82) is 0 Å². The molecule has 0 aromatic carbocycles. The number of nitrogens with two attached hydrogens (primary N) is 1. The number of morpholine rings is 1. The molecule has 2 fully saturated rings. The first-order valence-electron chi connectivity index (χ1n) is 12.2. The first-order valence-corrected chi connectivity index (χ1v) is 12.5. The first-order chi connectivity index (χ1) is 16.9. The number of imidazole rings is 1. The third-order valence-corrected chi connectivity index (χ3v) is 7.31. The minimum Gasteiger partial charge on any atom is -0.409 e. The zero-order valence-corrected chi connectivity index (χ0v) is 20.8. The lowest BCUT2D eigenvalue weighted by molar-refractivity contribution is 0.0976. The van der Waals surface area contributed by atoms with Crippen LogP contribution in [0, 0.1) is 11.8 Å². The van der Waals surface area contributed by atoms with Crippen LogP contribution in [0.15, 0.2) is 23.6 Å². The second kappa shape index (κ2) is 9.94. The summed E-state index contributed by atoms with van der Waals surface area (Å²) >= 11 is 6.29. The van der Waals surface area contributed by atoms with E-state index in [2.05, 4.69) is 38.4 Å². The van der Waals surface area contributed by atoms with Crippen molar-refractivity contribution in [1.82, 2.24) is 24.5 Å². The molecule has 2 aliphatic rings. The highest BCUT2D eigenvalue weighted by Crippen LogP contribution is 2.36. The molecule has 4 heterocycles. The Morgan fingerprint density at radius 2 is 2.00 bits per heavy atom. The maximum Gasteiger partial charge on any atom is 0.208 e. The fraction of sp³-hybridized carbons (Fsp3) is 0.542. The molecule has 1 saturated heterocycles. The lowest BCUT2D eigenvalue weighted by Crippen LogP contribution is -2.45. The Morgan fingerprint density at radius 1 is 1.20 bits per heavy atom. The van der Waals surface area contributed by atoms with Gasteiger partial charge in [0.1, 0.15) is 11.2 Å². The number of nitrogens with zero attached hydrogens (tertiary/aromatic N) is 7. The molecule has 3 aromatic rings. The van der Waals surface area contributed by atoms with Crippen molar-refractivity contribution in [2.45, 2.75) is 52.1 Å². The van der Waals surface area contributed by atoms with E-state index in [9.17, 15) is 5.21 Å². The van der Waals surface area contributed by atoms with Crippen molar-refractivity contribution < 1.29 is 9.94 Å². The van der Waals surface area contributed by atoms with Crippen LogP contribution < -0.4 is 10.6 Å². The maximum atomic E-state index is 9.30. The number of rotatable bonds is 5. The predicted molar refractivity (Wildman–Crippen MR) is 135 cm³/mol. The van der Waals surface area contributed by atoms with Crippen LogP contribution in [0.4, 0.5) is 5.95 Å². The largest absolute Gasteiger partial charge is 0.409 e. The van der Waals surface area contributed by atoms with E-state index in [4.69, 9.17) is 32.0 Å². The van der Waals surface area contributed by atoms with E-state index in [-0.39, 0.29) is 17.7 Å². The molecule has 1 saturated carbocycles. The third kappa shape index (κ3) is 4.77. The number of ether oxygens (including phenoxy) is 1. The van der Waals surface area contributed by atoms with E-state index in [1.165, 1.54) is 25.7 Å². The summed E-state index contributed by atoms with van der Waals surface area (Å²) in [6.45, 7) is 7.30. The van der Waals surface area contributed by atoms with Crippen molar-refractivity contribution in [3.63, 3.8) is 0 Å². The van der Waals surface area contributed by atoms with E-state index in [0.29, 0.717) is 35.5 Å². The number of halogens is 1. The standard InChI is InChI=1S/C24H31ClN8O2/c1-14-3-5-16(6-4-14)12-33-20-19(17-9-18(25)11-27-10-17)28-23(21(26)31-34)29-22(20)30-24(33)32-7-8-35-13-15(32)2/h9-11,14-16,34H,3-8,12-13H2,1-2H3,(H2,26,31). The van der Waals surface area contributed by atoms with Gasteiger partial charge in [-0.3, -0.25) is 4.98 Å². The summed E-state index contributed by atoms with van der Waals surface area (Å²) in [5.41, 5.74) is 8.53. The fourth-order valence-electron chi connectivity index (χ4n) is 5.11. The van der Waals surface area contributed by atoms with Crippen molar-refractivity contribution in [2.75, 3.05) is 24.7 Å². The zero-order valence-electron chi connectivity index (χ0n) is 20.1. The van der Waals surface area contributed by atoms with Crippen LogP contribution in [0.2, 0.25) is 5.02 Å². The predicted octanol–water partition coefficient (Wildman–Crippen LogP) is 3.69. The van der Waals surface area contributed by atoms with Gasteiger partial charge in [-0.05, 0) is 37.7 Å². The summed E-state index contributed by atoms with van der Waals surface area (Å²) in [7, 11) is 0. The Labute approximate surface area is 209 Å². The van der Waals surface area contributed by atoms with Crippen LogP contribution in [0.3, 0.4) is 0 Å². The molecular weight excluding hydrogens is 468 g/mol. The molecule has 0 bridgehead atoms. The highest BCUT2D eigenvalue weighted by atomic mass is 35.5. The van der Waals surface area contributed by atoms with Gasteiger partial charge in [0.05, 0.1) is 24.3 Å². The van der Waals surface area contributed by atoms with E-state index < -0.39 is 0 Å². The fourth-order valence-corrected chi connectivity index (χ4v) is 5.29. The highest BCUT2D eigenvalue weighted by molar-refractivity contribution is 6.30. The normalized spacial score (nSPS) is 23.7. The number of oxime groups is 1. The summed E-state index contributed by atoms with van der Waals surface area (Å²) in [6, 6.07) is 1.97. The van der Waals surface area contributed by atoms with E-state index in [1.807, 2.05) is 6.07 Å². The van der Waals surface area contributed by atoms with Crippen LogP contribution in [-0.2, 0) is 11.3 Å². The van der Waals surface area contributed by atoms with Gasteiger partial charge in [0, 0.05) is 31.0 Å². The van der Waals surface area contributed by atoms with Gasteiger partial charge in [0.25, 0.3) is 0 Å². The lowest BCUT2D eigenvalue weighted by Gasteiger charge is -2.35. The summed E-state index contributed by atoms with van der Waals surface area (Å²) < 4.78 is 7.94. The molecule has 0 amide bonds. The lowest BCUT2D eigenvalue weighted by atomic mass is 9.83. The maximum absolute atomic E-state index is 9.30. The number of hydrogen-bond acceptors (Lipinski definition) is 8. The Balaban J connectivity index is 1.73. The summed E-state index contributed by atoms with van der Waals surface area (Å²) in [4.78, 5) is 20.8. The highest BCUT2D eigenvalue weighted by Gasteiger charge is 2.30. The summed E-state index contributed by atoms with van der Waals surface area (Å²) in [5.74, 6) is 2.07. The number of amidine groups is 1. The number of fused-ring (bicyclic) bond motifs is 1. The Kier molecular flexibility index (Phi) is 6.75. The number of anilines is 1. The van der Waals surface area contributed by atoms with Gasteiger partial charge in [0.2, 0.25) is 17.6 Å². The van der Waals surface area contributed by atoms with E-state index >= 15 is 0 Å². The van der Waals surface area contributed by atoms with Gasteiger partial charge in [-0.1, -0.05) is 36.5 Å². The van der Waals surface area contributed by atoms with Crippen LogP contribution in [0.25, 0.3) is 22.4 Å². The summed E-state index contributed by atoms with van der Waals surface area (Å²) in [6.07, 6.45) is 8.10. The first kappa shape index (κ1) is 23.7. The zero-order chi connectivity index (χ0) is 24.5. The Bertz CT molecular complexity index is 1240. The Hall–Kier alpha value is -2.98. The summed E-state index contributed by atoms with van der Waals surface area (Å²) in [5, 5.41) is 12.9. The van der Waals surface area contributed by atoms with Crippen LogP contribution in [-0.4, -0.2) is 61.3 Å². The molecule has 1 unspecified atom stereocenters. The van der Waals surface area contributed by atoms with Crippen molar-refractivity contribution in [3.8, 4) is 11.3 Å². The van der Waals surface area contributed by atoms with E-state index in [0.717, 1.165) is 36.0 Å². The van der Waals surface area contributed by atoms with Crippen LogP contribution >= 0.6 is 11.6 Å². The monoisotopic (exact) mass is 498 g/mol. The van der Waals surface area contributed by atoms with E-state index in [1.54, 1.807) is 12.4 Å². The van der Waals surface area contributed by atoms with Crippen molar-refractivity contribution in [2.24, 2.45) is 22.7 Å². The SMILES string of the molecule is CC1CCC(Cn2c(N3CCOCC3C)nc3nc(C(N)=NO)nc(-c4cncc(Cl)c4)c32)CC1. The van der Waals surface area contributed by atoms with Gasteiger partial charge in [-0.15, -0.1) is 0 Å². The third-order valence-electron chi connectivity index (χ3n) is 7.10. The topological polar surface area (TPSA) is 128 Å². The van der Waals surface area contributed by atoms with Gasteiger partial charge in [-0.25, -0.2) is 9.97 Å². The molecule has 5 rings (SSSR count). The van der Waals surface area contributed by atoms with Gasteiger partial charge in [0.15, 0.2) is 5.65 Å². The molecule has 1 aliphatic heterocycles. The molecule has 11 heteroatoms. The van der Waals surface area contributed by atoms with Gasteiger partial charge >= 0.3 is 0 Å². The molecule has 0 radical (unpaired) electrons. The minimum absolute atomic E-state index is 0.104. The molecule has 186 valence electrons. The molecule has 0 spiro atoms. The second-order valence-electron chi connectivity index (χ2n) is 9.71. The van der Waals surface area contributed by atoms with Crippen molar-refractivity contribution >= 4 is 34.5 Å². The Morgan fingerprint density at radius 3 is 2.71 bits per heavy atom. The van der Waals surface area contributed by atoms with Gasteiger partial charge in [-0.2, -0.15) is 4.98 Å². The molecule has 1 atom stereocenters. The number of aromatic nitrogens is 5. The molecule has 3 N–H and O–H groups in total. The molecule has 10 nitrogen and oxygen atoms in total. The van der Waals surface area contributed by atoms with Crippen LogP contribution in [0.5, 0.6) is 0 Å². The molecule has 3 aromatic heterocycles.